The maximum absolute atomic E-state index is 10.3. The molecule has 1 atom stereocenters. The molecule has 5 nitrogen and oxygen atoms in total. The Kier molecular flexibility index (Phi) is 3.28. The van der Waals surface area contributed by atoms with Gasteiger partial charge in [0.2, 0.25) is 0 Å². The minimum absolute atomic E-state index is 0.293. The Morgan fingerprint density at radius 3 is 2.76 bits per heavy atom. The van der Waals surface area contributed by atoms with Gasteiger partial charge in [0.05, 0.1) is 6.20 Å². The fourth-order valence-corrected chi connectivity index (χ4v) is 1.76. The van der Waals surface area contributed by atoms with Crippen LogP contribution < -0.4 is 0 Å². The largest absolute Gasteiger partial charge is 0.380 e. The SMILES string of the molecule is CCn1ccnc1C(O)c1cnn(C(C)C)c1. The van der Waals surface area contributed by atoms with Gasteiger partial charge >= 0.3 is 0 Å². The number of hydrogen-bond acceptors (Lipinski definition) is 3. The molecule has 0 bridgehead atoms. The molecule has 0 aliphatic carbocycles. The smallest absolute Gasteiger partial charge is 0.142 e. The Bertz CT molecular complexity index is 486. The molecular weight excluding hydrogens is 216 g/mol. The van der Waals surface area contributed by atoms with Crippen molar-refractivity contribution in [2.75, 3.05) is 0 Å². The van der Waals surface area contributed by atoms with Crippen molar-refractivity contribution < 1.29 is 5.11 Å². The van der Waals surface area contributed by atoms with Crippen LogP contribution in [0.4, 0.5) is 0 Å². The number of aryl methyl sites for hydroxylation is 1. The minimum atomic E-state index is -0.711. The summed E-state index contributed by atoms with van der Waals surface area (Å²) in [7, 11) is 0. The van der Waals surface area contributed by atoms with Crippen molar-refractivity contribution in [1.82, 2.24) is 19.3 Å². The molecule has 0 saturated carbocycles. The number of nitrogens with zero attached hydrogens (tertiary/aromatic N) is 4. The molecule has 2 rings (SSSR count). The van der Waals surface area contributed by atoms with Crippen LogP contribution in [0.25, 0.3) is 0 Å². The number of aromatic nitrogens is 4. The van der Waals surface area contributed by atoms with Crippen molar-refractivity contribution in [2.45, 2.75) is 39.5 Å². The maximum Gasteiger partial charge on any atom is 0.142 e. The van der Waals surface area contributed by atoms with E-state index in [2.05, 4.69) is 23.9 Å². The highest BCUT2D eigenvalue weighted by Gasteiger charge is 2.17. The van der Waals surface area contributed by atoms with Gasteiger partial charge < -0.3 is 9.67 Å². The molecule has 0 aliphatic rings. The molecule has 0 amide bonds. The summed E-state index contributed by atoms with van der Waals surface area (Å²) in [5.41, 5.74) is 0.777. The molecule has 0 fully saturated rings. The zero-order valence-electron chi connectivity index (χ0n) is 10.4. The monoisotopic (exact) mass is 234 g/mol. The van der Waals surface area contributed by atoms with Gasteiger partial charge in [-0.2, -0.15) is 5.10 Å². The van der Waals surface area contributed by atoms with Gasteiger partial charge in [0.1, 0.15) is 11.9 Å². The van der Waals surface area contributed by atoms with Crippen LogP contribution in [0, 0.1) is 0 Å². The second kappa shape index (κ2) is 4.71. The first-order valence-corrected chi connectivity index (χ1v) is 5.86. The predicted octanol–water partition coefficient (Wildman–Crippen LogP) is 1.76. The summed E-state index contributed by atoms with van der Waals surface area (Å²) in [5.74, 6) is 0.663. The van der Waals surface area contributed by atoms with Crippen LogP contribution in [-0.4, -0.2) is 24.4 Å². The fourth-order valence-electron chi connectivity index (χ4n) is 1.76. The van der Waals surface area contributed by atoms with E-state index in [1.54, 1.807) is 12.4 Å². The van der Waals surface area contributed by atoms with Crippen molar-refractivity contribution in [2.24, 2.45) is 0 Å². The van der Waals surface area contributed by atoms with Crippen LogP contribution in [0.15, 0.2) is 24.8 Å². The highest BCUT2D eigenvalue weighted by atomic mass is 16.3. The van der Waals surface area contributed by atoms with Crippen LogP contribution in [0.3, 0.4) is 0 Å². The van der Waals surface area contributed by atoms with Gasteiger partial charge in [0.25, 0.3) is 0 Å². The molecule has 2 aromatic heterocycles. The Morgan fingerprint density at radius 1 is 1.41 bits per heavy atom. The van der Waals surface area contributed by atoms with E-state index in [9.17, 15) is 5.11 Å². The van der Waals surface area contributed by atoms with E-state index >= 15 is 0 Å². The number of aliphatic hydroxyl groups excluding tert-OH is 1. The Labute approximate surface area is 101 Å². The summed E-state index contributed by atoms with van der Waals surface area (Å²) < 4.78 is 3.76. The number of hydrogen-bond donors (Lipinski definition) is 1. The molecule has 5 heteroatoms. The van der Waals surface area contributed by atoms with Crippen LogP contribution in [-0.2, 0) is 6.54 Å². The summed E-state index contributed by atoms with van der Waals surface area (Å²) in [5, 5.41) is 14.5. The maximum atomic E-state index is 10.3. The number of aliphatic hydroxyl groups is 1. The van der Waals surface area contributed by atoms with Gasteiger partial charge in [0.15, 0.2) is 0 Å². The molecule has 17 heavy (non-hydrogen) atoms. The molecule has 1 unspecified atom stereocenters. The molecule has 0 spiro atoms. The van der Waals surface area contributed by atoms with Gasteiger partial charge in [-0.05, 0) is 20.8 Å². The van der Waals surface area contributed by atoms with Gasteiger partial charge in [0, 0.05) is 36.7 Å². The molecule has 92 valence electrons. The minimum Gasteiger partial charge on any atom is -0.380 e. The normalized spacial score (nSPS) is 13.2. The topological polar surface area (TPSA) is 55.9 Å². The third-order valence-electron chi connectivity index (χ3n) is 2.80. The molecule has 0 aliphatic heterocycles. The van der Waals surface area contributed by atoms with E-state index in [4.69, 9.17) is 0 Å². The quantitative estimate of drug-likeness (QED) is 0.877. The average molecular weight is 234 g/mol. The van der Waals surface area contributed by atoms with E-state index in [1.807, 2.05) is 28.6 Å². The highest BCUT2D eigenvalue weighted by Crippen LogP contribution is 2.20. The van der Waals surface area contributed by atoms with Crippen LogP contribution >= 0.6 is 0 Å². The molecule has 0 radical (unpaired) electrons. The molecular formula is C12H18N4O. The lowest BCUT2D eigenvalue weighted by Gasteiger charge is -2.10. The number of imidazole rings is 1. The van der Waals surface area contributed by atoms with Gasteiger partial charge in [-0.25, -0.2) is 4.98 Å². The number of rotatable bonds is 4. The Morgan fingerprint density at radius 2 is 2.18 bits per heavy atom. The molecule has 0 aromatic carbocycles. The lowest BCUT2D eigenvalue weighted by Crippen LogP contribution is -2.08. The zero-order chi connectivity index (χ0) is 12.4. The van der Waals surface area contributed by atoms with Crippen molar-refractivity contribution in [3.63, 3.8) is 0 Å². The van der Waals surface area contributed by atoms with Crippen molar-refractivity contribution in [1.29, 1.82) is 0 Å². The van der Waals surface area contributed by atoms with E-state index < -0.39 is 6.10 Å². The fraction of sp³-hybridized carbons (Fsp3) is 0.500. The summed E-state index contributed by atoms with van der Waals surface area (Å²) >= 11 is 0. The average Bonchev–Trinajstić information content (AvgIpc) is 2.96. The third-order valence-corrected chi connectivity index (χ3v) is 2.80. The van der Waals surface area contributed by atoms with E-state index in [0.29, 0.717) is 11.9 Å². The first-order chi connectivity index (χ1) is 8.13. The van der Waals surface area contributed by atoms with Crippen LogP contribution in [0.5, 0.6) is 0 Å². The summed E-state index contributed by atoms with van der Waals surface area (Å²) in [6.07, 6.45) is 6.42. The van der Waals surface area contributed by atoms with Crippen molar-refractivity contribution in [3.8, 4) is 0 Å². The second-order valence-electron chi connectivity index (χ2n) is 4.32. The molecule has 0 saturated heterocycles. The second-order valence-corrected chi connectivity index (χ2v) is 4.32. The Hall–Kier alpha value is -1.62. The molecule has 1 N–H and O–H groups in total. The lowest BCUT2D eigenvalue weighted by atomic mass is 10.2. The predicted molar refractivity (Wildman–Crippen MR) is 64.6 cm³/mol. The molecule has 2 aromatic rings. The zero-order valence-corrected chi connectivity index (χ0v) is 10.4. The summed E-state index contributed by atoms with van der Waals surface area (Å²) in [6.45, 7) is 6.92. The summed E-state index contributed by atoms with van der Waals surface area (Å²) in [6, 6.07) is 0.293. The van der Waals surface area contributed by atoms with Crippen LogP contribution in [0.2, 0.25) is 0 Å². The highest BCUT2D eigenvalue weighted by molar-refractivity contribution is 5.17. The van der Waals surface area contributed by atoms with Crippen molar-refractivity contribution >= 4 is 0 Å². The standard InChI is InChI=1S/C12H18N4O/c1-4-15-6-5-13-12(15)11(17)10-7-14-16(8-10)9(2)3/h5-9,11,17H,4H2,1-3H3. The molecule has 2 heterocycles. The van der Waals surface area contributed by atoms with Crippen molar-refractivity contribution in [3.05, 3.63) is 36.2 Å². The Balaban J connectivity index is 2.27. The lowest BCUT2D eigenvalue weighted by molar-refractivity contribution is 0.204. The van der Waals surface area contributed by atoms with Gasteiger partial charge in [-0.15, -0.1) is 0 Å². The van der Waals surface area contributed by atoms with E-state index in [1.165, 1.54) is 0 Å². The van der Waals surface area contributed by atoms with Crippen LogP contribution in [0.1, 0.15) is 44.3 Å². The van der Waals surface area contributed by atoms with E-state index in [-0.39, 0.29) is 0 Å². The van der Waals surface area contributed by atoms with Gasteiger partial charge in [-0.1, -0.05) is 0 Å². The van der Waals surface area contributed by atoms with E-state index in [0.717, 1.165) is 12.1 Å². The first-order valence-electron chi connectivity index (χ1n) is 5.86. The third kappa shape index (κ3) is 2.24. The van der Waals surface area contributed by atoms with Gasteiger partial charge in [-0.3, -0.25) is 4.68 Å². The first kappa shape index (κ1) is 11.9. The summed E-state index contributed by atoms with van der Waals surface area (Å²) in [4.78, 5) is 4.19.